The Bertz CT molecular complexity index is 791. The molecule has 0 spiro atoms. The lowest BCUT2D eigenvalue weighted by Crippen LogP contribution is -2.18. The van der Waals surface area contributed by atoms with Crippen LogP contribution >= 0.6 is 11.3 Å². The molecular weight excluding hydrogens is 294 g/mol. The Kier molecular flexibility index (Phi) is 3.42. The van der Waals surface area contributed by atoms with Crippen molar-refractivity contribution in [2.24, 2.45) is 0 Å². The molecule has 0 saturated carbocycles. The second kappa shape index (κ2) is 5.57. The van der Waals surface area contributed by atoms with Crippen molar-refractivity contribution in [3.63, 3.8) is 0 Å². The van der Waals surface area contributed by atoms with E-state index in [0.29, 0.717) is 0 Å². The molecule has 0 aliphatic carbocycles. The van der Waals surface area contributed by atoms with E-state index in [1.54, 1.807) is 18.4 Å². The molecule has 5 heteroatoms. The highest BCUT2D eigenvalue weighted by molar-refractivity contribution is 7.21. The van der Waals surface area contributed by atoms with E-state index in [0.717, 1.165) is 45.4 Å². The number of aromatic nitrogens is 2. The van der Waals surface area contributed by atoms with Crippen LogP contribution in [0.15, 0.2) is 36.5 Å². The first-order valence-electron chi connectivity index (χ1n) is 7.49. The van der Waals surface area contributed by atoms with E-state index < -0.39 is 0 Å². The summed E-state index contributed by atoms with van der Waals surface area (Å²) in [5.74, 6) is 1.94. The van der Waals surface area contributed by atoms with Gasteiger partial charge in [0.2, 0.25) is 0 Å². The lowest BCUT2D eigenvalue weighted by molar-refractivity contribution is 0.415. The van der Waals surface area contributed by atoms with Crippen molar-refractivity contribution in [3.05, 3.63) is 36.5 Å². The van der Waals surface area contributed by atoms with Gasteiger partial charge in [-0.25, -0.2) is 9.97 Å². The quantitative estimate of drug-likeness (QED) is 0.733. The fourth-order valence-electron chi connectivity index (χ4n) is 2.80. The summed E-state index contributed by atoms with van der Waals surface area (Å²) in [4.78, 5) is 11.6. The Morgan fingerprint density at radius 1 is 1.14 bits per heavy atom. The summed E-state index contributed by atoms with van der Waals surface area (Å²) in [6.45, 7) is 2.24. The van der Waals surface area contributed by atoms with Crippen LogP contribution in [0.4, 0.5) is 5.82 Å². The number of methoxy groups -OCH3 is 1. The second-order valence-corrected chi connectivity index (χ2v) is 6.48. The minimum absolute atomic E-state index is 0.866. The monoisotopic (exact) mass is 311 g/mol. The molecule has 0 radical (unpaired) electrons. The Balaban J connectivity index is 1.66. The predicted molar refractivity (Wildman–Crippen MR) is 90.9 cm³/mol. The summed E-state index contributed by atoms with van der Waals surface area (Å²) < 4.78 is 6.41. The SMILES string of the molecule is COc1ccc2nc(-c3ccc(N4CCCC4)nc3)sc2c1. The van der Waals surface area contributed by atoms with E-state index in [-0.39, 0.29) is 0 Å². The maximum atomic E-state index is 5.27. The van der Waals surface area contributed by atoms with Crippen molar-refractivity contribution in [1.29, 1.82) is 0 Å². The Morgan fingerprint density at radius 3 is 2.73 bits per heavy atom. The van der Waals surface area contributed by atoms with Gasteiger partial charge in [0.1, 0.15) is 16.6 Å². The number of hydrogen-bond acceptors (Lipinski definition) is 5. The van der Waals surface area contributed by atoms with Gasteiger partial charge in [0, 0.05) is 24.8 Å². The molecule has 4 nitrogen and oxygen atoms in total. The Morgan fingerprint density at radius 2 is 2.00 bits per heavy atom. The molecule has 0 unspecified atom stereocenters. The molecule has 0 bridgehead atoms. The van der Waals surface area contributed by atoms with Crippen LogP contribution in [0.25, 0.3) is 20.8 Å². The largest absolute Gasteiger partial charge is 0.497 e. The van der Waals surface area contributed by atoms with Crippen LogP contribution in [0, 0.1) is 0 Å². The third-order valence-electron chi connectivity index (χ3n) is 4.02. The molecule has 3 aromatic rings. The minimum atomic E-state index is 0.866. The number of fused-ring (bicyclic) bond motifs is 1. The number of hydrogen-bond donors (Lipinski definition) is 0. The van der Waals surface area contributed by atoms with Gasteiger partial charge in [-0.3, -0.25) is 0 Å². The fourth-order valence-corrected chi connectivity index (χ4v) is 3.79. The number of ether oxygens (including phenoxy) is 1. The highest BCUT2D eigenvalue weighted by atomic mass is 32.1. The molecule has 1 saturated heterocycles. The van der Waals surface area contributed by atoms with Crippen molar-refractivity contribution in [1.82, 2.24) is 9.97 Å². The average Bonchev–Trinajstić information content (AvgIpc) is 3.23. The number of rotatable bonds is 3. The Labute approximate surface area is 133 Å². The number of thiazole rings is 1. The van der Waals surface area contributed by atoms with Gasteiger partial charge in [-0.15, -0.1) is 11.3 Å². The first kappa shape index (κ1) is 13.5. The summed E-state index contributed by atoms with van der Waals surface area (Å²) in [6.07, 6.45) is 4.47. The molecule has 2 aromatic heterocycles. The standard InChI is InChI=1S/C17H17N3OS/c1-21-13-5-6-14-15(10-13)22-17(19-14)12-4-7-16(18-11-12)20-8-2-3-9-20/h4-7,10-11H,2-3,8-9H2,1H3. The van der Waals surface area contributed by atoms with Crippen molar-refractivity contribution in [2.75, 3.05) is 25.1 Å². The molecule has 1 aliphatic heterocycles. The van der Waals surface area contributed by atoms with Crippen molar-refractivity contribution < 1.29 is 4.74 Å². The predicted octanol–water partition coefficient (Wildman–Crippen LogP) is 3.97. The van der Waals surface area contributed by atoms with Gasteiger partial charge in [0.25, 0.3) is 0 Å². The third kappa shape index (κ3) is 2.41. The minimum Gasteiger partial charge on any atom is -0.497 e. The van der Waals surface area contributed by atoms with Crippen molar-refractivity contribution >= 4 is 27.4 Å². The molecule has 112 valence electrons. The molecule has 1 aliphatic rings. The first-order valence-corrected chi connectivity index (χ1v) is 8.31. The molecular formula is C17H17N3OS. The van der Waals surface area contributed by atoms with E-state index in [9.17, 15) is 0 Å². The van der Waals surface area contributed by atoms with Gasteiger partial charge in [-0.05, 0) is 43.2 Å². The Hall–Kier alpha value is -2.14. The maximum absolute atomic E-state index is 5.27. The van der Waals surface area contributed by atoms with Crippen LogP contribution in [-0.4, -0.2) is 30.2 Å². The summed E-state index contributed by atoms with van der Waals surface area (Å²) >= 11 is 1.67. The third-order valence-corrected chi connectivity index (χ3v) is 5.09. The average molecular weight is 311 g/mol. The molecule has 22 heavy (non-hydrogen) atoms. The molecule has 1 fully saturated rings. The van der Waals surface area contributed by atoms with Crippen LogP contribution in [0.2, 0.25) is 0 Å². The lowest BCUT2D eigenvalue weighted by Gasteiger charge is -2.15. The van der Waals surface area contributed by atoms with Crippen LogP contribution in [0.5, 0.6) is 5.75 Å². The number of benzene rings is 1. The fraction of sp³-hybridized carbons (Fsp3) is 0.294. The second-order valence-electron chi connectivity index (χ2n) is 5.45. The van der Waals surface area contributed by atoms with Crippen LogP contribution in [0.1, 0.15) is 12.8 Å². The normalized spacial score (nSPS) is 14.7. The van der Waals surface area contributed by atoms with Gasteiger partial charge in [-0.1, -0.05) is 0 Å². The van der Waals surface area contributed by atoms with Gasteiger partial charge >= 0.3 is 0 Å². The summed E-state index contributed by atoms with van der Waals surface area (Å²) in [7, 11) is 1.68. The topological polar surface area (TPSA) is 38.2 Å². The number of pyridine rings is 1. The van der Waals surface area contributed by atoms with Crippen molar-refractivity contribution in [2.45, 2.75) is 12.8 Å². The zero-order valence-electron chi connectivity index (χ0n) is 12.5. The summed E-state index contributed by atoms with van der Waals surface area (Å²) in [5, 5.41) is 1.00. The highest BCUT2D eigenvalue weighted by Gasteiger charge is 2.14. The molecule has 0 N–H and O–H groups in total. The summed E-state index contributed by atoms with van der Waals surface area (Å²) in [6, 6.07) is 10.2. The molecule has 4 rings (SSSR count). The molecule has 0 amide bonds. The lowest BCUT2D eigenvalue weighted by atomic mass is 10.3. The zero-order chi connectivity index (χ0) is 14.9. The first-order chi connectivity index (χ1) is 10.8. The van der Waals surface area contributed by atoms with E-state index in [4.69, 9.17) is 9.72 Å². The van der Waals surface area contributed by atoms with Crippen LogP contribution in [0.3, 0.4) is 0 Å². The van der Waals surface area contributed by atoms with Gasteiger partial charge in [0.15, 0.2) is 0 Å². The van der Waals surface area contributed by atoms with E-state index in [2.05, 4.69) is 22.0 Å². The smallest absolute Gasteiger partial charge is 0.128 e. The highest BCUT2D eigenvalue weighted by Crippen LogP contribution is 2.32. The van der Waals surface area contributed by atoms with Crippen molar-refractivity contribution in [3.8, 4) is 16.3 Å². The van der Waals surface area contributed by atoms with Crippen LogP contribution in [-0.2, 0) is 0 Å². The molecule has 0 atom stereocenters. The van der Waals surface area contributed by atoms with Gasteiger partial charge < -0.3 is 9.64 Å². The zero-order valence-corrected chi connectivity index (χ0v) is 13.3. The molecule has 3 heterocycles. The van der Waals surface area contributed by atoms with E-state index in [1.807, 2.05) is 24.4 Å². The van der Waals surface area contributed by atoms with Crippen LogP contribution < -0.4 is 9.64 Å². The van der Waals surface area contributed by atoms with E-state index >= 15 is 0 Å². The van der Waals surface area contributed by atoms with Gasteiger partial charge in [-0.2, -0.15) is 0 Å². The number of anilines is 1. The summed E-state index contributed by atoms with van der Waals surface area (Å²) in [5.41, 5.74) is 2.08. The van der Waals surface area contributed by atoms with Gasteiger partial charge in [0.05, 0.1) is 17.3 Å². The number of nitrogens with zero attached hydrogens (tertiary/aromatic N) is 3. The maximum Gasteiger partial charge on any atom is 0.128 e. The molecule has 1 aromatic carbocycles. The van der Waals surface area contributed by atoms with E-state index in [1.165, 1.54) is 12.8 Å².